The van der Waals surface area contributed by atoms with Crippen LogP contribution in [-0.4, -0.2) is 40.1 Å². The lowest BCUT2D eigenvalue weighted by Gasteiger charge is -2.32. The smallest absolute Gasteiger partial charge is 0.321 e. The molecule has 1 atom stereocenters. The Bertz CT molecular complexity index is 854. The highest BCUT2D eigenvalue weighted by Crippen LogP contribution is 2.27. The second-order valence-electron chi connectivity index (χ2n) is 6.01. The van der Waals surface area contributed by atoms with Gasteiger partial charge in [-0.15, -0.1) is 0 Å². The van der Waals surface area contributed by atoms with Crippen molar-refractivity contribution in [3.63, 3.8) is 0 Å². The molecular weight excluding hydrogens is 351 g/mol. The van der Waals surface area contributed by atoms with Gasteiger partial charge in [-0.2, -0.15) is 5.10 Å². The predicted octanol–water partition coefficient (Wildman–Crippen LogP) is 2.34. The molecule has 1 aromatic carbocycles. The summed E-state index contributed by atoms with van der Waals surface area (Å²) in [7, 11) is 0. The fourth-order valence-corrected chi connectivity index (χ4v) is 2.90. The summed E-state index contributed by atoms with van der Waals surface area (Å²) in [4.78, 5) is 24.9. The number of piperidine rings is 1. The molecule has 3 rings (SSSR count). The van der Waals surface area contributed by atoms with Crippen molar-refractivity contribution in [3.05, 3.63) is 47.0 Å². The number of nitrogens with one attached hydrogen (secondary N) is 2. The number of hydrogen-bond donors (Lipinski definition) is 3. The van der Waals surface area contributed by atoms with Gasteiger partial charge in [0.1, 0.15) is 5.69 Å². The average molecular weight is 367 g/mol. The lowest BCUT2D eigenvalue weighted by Crippen LogP contribution is -2.41. The number of benzene rings is 1. The van der Waals surface area contributed by atoms with Gasteiger partial charge in [0.15, 0.2) is 17.5 Å². The van der Waals surface area contributed by atoms with Crippen LogP contribution in [0.4, 0.5) is 23.7 Å². The van der Waals surface area contributed by atoms with Gasteiger partial charge in [-0.05, 0) is 31.0 Å². The van der Waals surface area contributed by atoms with Crippen molar-refractivity contribution in [1.29, 1.82) is 0 Å². The van der Waals surface area contributed by atoms with Gasteiger partial charge in [0.25, 0.3) is 5.91 Å². The monoisotopic (exact) mass is 367 g/mol. The zero-order valence-corrected chi connectivity index (χ0v) is 13.6. The number of aromatic nitrogens is 2. The van der Waals surface area contributed by atoms with Crippen molar-refractivity contribution in [1.82, 2.24) is 15.1 Å². The molecule has 0 aliphatic carbocycles. The van der Waals surface area contributed by atoms with Gasteiger partial charge in [-0.3, -0.25) is 9.89 Å². The Morgan fingerprint density at radius 3 is 2.73 bits per heavy atom. The van der Waals surface area contributed by atoms with Crippen LogP contribution in [0.25, 0.3) is 0 Å². The van der Waals surface area contributed by atoms with E-state index in [0.29, 0.717) is 18.7 Å². The zero-order valence-electron chi connectivity index (χ0n) is 13.6. The Hall–Kier alpha value is -3.04. The molecule has 7 nitrogen and oxygen atoms in total. The number of hydrogen-bond acceptors (Lipinski definition) is 3. The lowest BCUT2D eigenvalue weighted by molar-refractivity contribution is 0.0995. The van der Waals surface area contributed by atoms with Crippen LogP contribution in [-0.2, 0) is 0 Å². The maximum Gasteiger partial charge on any atom is 0.321 e. The van der Waals surface area contributed by atoms with Crippen LogP contribution in [0.2, 0.25) is 0 Å². The normalized spacial score (nSPS) is 17.2. The topological polar surface area (TPSA) is 104 Å². The van der Waals surface area contributed by atoms with E-state index >= 15 is 0 Å². The Kier molecular flexibility index (Phi) is 4.83. The van der Waals surface area contributed by atoms with Gasteiger partial charge >= 0.3 is 6.03 Å². The summed E-state index contributed by atoms with van der Waals surface area (Å²) in [6.45, 7) is 0.710. The van der Waals surface area contributed by atoms with Crippen LogP contribution in [0.5, 0.6) is 0 Å². The average Bonchev–Trinajstić information content (AvgIpc) is 3.13. The SMILES string of the molecule is NC(=O)c1cc([C@H]2CCCN(C(=O)Nc3ccc(F)c(F)c3F)C2)[nH]n1. The van der Waals surface area contributed by atoms with Crippen LogP contribution in [0.3, 0.4) is 0 Å². The van der Waals surface area contributed by atoms with Crippen LogP contribution >= 0.6 is 0 Å². The van der Waals surface area contributed by atoms with Crippen molar-refractivity contribution in [2.24, 2.45) is 5.73 Å². The molecule has 0 saturated carbocycles. The fourth-order valence-electron chi connectivity index (χ4n) is 2.90. The highest BCUT2D eigenvalue weighted by atomic mass is 19.2. The van der Waals surface area contributed by atoms with E-state index in [4.69, 9.17) is 5.73 Å². The minimum absolute atomic E-state index is 0.102. The number of carbonyl (C=O) groups is 2. The van der Waals surface area contributed by atoms with Gasteiger partial charge in [0.05, 0.1) is 5.69 Å². The molecule has 2 aromatic rings. The summed E-state index contributed by atoms with van der Waals surface area (Å²) in [5.41, 5.74) is 5.49. The van der Waals surface area contributed by atoms with E-state index in [2.05, 4.69) is 15.5 Å². The number of urea groups is 1. The molecule has 138 valence electrons. The summed E-state index contributed by atoms with van der Waals surface area (Å²) in [6, 6.07) is 2.60. The van der Waals surface area contributed by atoms with Crippen LogP contribution in [0.15, 0.2) is 18.2 Å². The molecule has 3 amide bonds. The second-order valence-corrected chi connectivity index (χ2v) is 6.01. The van der Waals surface area contributed by atoms with E-state index < -0.39 is 35.1 Å². The van der Waals surface area contributed by atoms with Crippen LogP contribution in [0.1, 0.15) is 34.9 Å². The zero-order chi connectivity index (χ0) is 18.8. The molecule has 4 N–H and O–H groups in total. The van der Waals surface area contributed by atoms with Gasteiger partial charge in [0.2, 0.25) is 0 Å². The molecule has 1 fully saturated rings. The first-order chi connectivity index (χ1) is 12.4. The number of rotatable bonds is 3. The second kappa shape index (κ2) is 7.06. The van der Waals surface area contributed by atoms with Gasteiger partial charge in [-0.1, -0.05) is 0 Å². The van der Waals surface area contributed by atoms with E-state index in [1.807, 2.05) is 0 Å². The summed E-state index contributed by atoms with van der Waals surface area (Å²) in [6.07, 6.45) is 1.42. The van der Waals surface area contributed by atoms with Crippen molar-refractivity contribution in [2.75, 3.05) is 18.4 Å². The van der Waals surface area contributed by atoms with Crippen LogP contribution < -0.4 is 11.1 Å². The van der Waals surface area contributed by atoms with Crippen molar-refractivity contribution in [2.45, 2.75) is 18.8 Å². The largest absolute Gasteiger partial charge is 0.364 e. The third kappa shape index (κ3) is 3.48. The molecule has 1 saturated heterocycles. The number of likely N-dealkylation sites (tertiary alicyclic amines) is 1. The van der Waals surface area contributed by atoms with Gasteiger partial charge in [-0.25, -0.2) is 18.0 Å². The lowest BCUT2D eigenvalue weighted by atomic mass is 9.95. The molecule has 1 aliphatic heterocycles. The summed E-state index contributed by atoms with van der Waals surface area (Å²) >= 11 is 0. The minimum Gasteiger partial charge on any atom is -0.364 e. The number of aromatic amines is 1. The third-order valence-corrected chi connectivity index (χ3v) is 4.28. The Balaban J connectivity index is 1.70. The molecule has 0 spiro atoms. The number of amides is 3. The quantitative estimate of drug-likeness (QED) is 0.725. The van der Waals surface area contributed by atoms with E-state index in [1.165, 1.54) is 11.0 Å². The first-order valence-corrected chi connectivity index (χ1v) is 7.91. The standard InChI is InChI=1S/C16H16F3N5O2/c17-9-3-4-10(14(19)13(9)18)21-16(26)24-5-1-2-8(7-24)11-6-12(15(20)25)23-22-11/h3-4,6,8H,1-2,5,7H2,(H2,20,25)(H,21,26)(H,22,23)/t8-/m0/s1. The summed E-state index contributed by atoms with van der Waals surface area (Å²) in [5.74, 6) is -5.19. The number of halogens is 3. The number of nitrogens with zero attached hydrogens (tertiary/aromatic N) is 2. The van der Waals surface area contributed by atoms with Crippen molar-refractivity contribution >= 4 is 17.6 Å². The fraction of sp³-hybridized carbons (Fsp3) is 0.312. The molecule has 0 bridgehead atoms. The molecule has 1 aromatic heterocycles. The highest BCUT2D eigenvalue weighted by Gasteiger charge is 2.27. The molecule has 10 heteroatoms. The molecule has 26 heavy (non-hydrogen) atoms. The number of H-pyrrole nitrogens is 1. The predicted molar refractivity (Wildman–Crippen MR) is 86.0 cm³/mol. The minimum atomic E-state index is -1.64. The molecule has 0 radical (unpaired) electrons. The van der Waals surface area contributed by atoms with Gasteiger partial charge in [0, 0.05) is 24.7 Å². The van der Waals surface area contributed by atoms with Gasteiger partial charge < -0.3 is 16.0 Å². The number of primary amides is 1. The molecule has 0 unspecified atom stereocenters. The Morgan fingerprint density at radius 2 is 2.04 bits per heavy atom. The van der Waals surface area contributed by atoms with Crippen LogP contribution in [0, 0.1) is 17.5 Å². The Labute approximate surface area is 146 Å². The molecule has 1 aliphatic rings. The third-order valence-electron chi connectivity index (χ3n) is 4.28. The molecular formula is C16H16F3N5O2. The first-order valence-electron chi connectivity index (χ1n) is 7.91. The maximum absolute atomic E-state index is 13.7. The first kappa shape index (κ1) is 17.8. The van der Waals surface area contributed by atoms with Crippen molar-refractivity contribution in [3.8, 4) is 0 Å². The highest BCUT2D eigenvalue weighted by molar-refractivity contribution is 5.91. The van der Waals surface area contributed by atoms with E-state index in [1.54, 1.807) is 0 Å². The van der Waals surface area contributed by atoms with E-state index in [-0.39, 0.29) is 18.2 Å². The van der Waals surface area contributed by atoms with E-state index in [9.17, 15) is 22.8 Å². The number of nitrogens with two attached hydrogens (primary N) is 1. The van der Waals surface area contributed by atoms with E-state index in [0.717, 1.165) is 18.6 Å². The molecule has 2 heterocycles. The summed E-state index contributed by atoms with van der Waals surface area (Å²) < 4.78 is 39.9. The summed E-state index contributed by atoms with van der Waals surface area (Å²) in [5, 5.41) is 8.79. The number of carbonyl (C=O) groups excluding carboxylic acids is 2. The van der Waals surface area contributed by atoms with Crippen molar-refractivity contribution < 1.29 is 22.8 Å². The maximum atomic E-state index is 13.7. The Morgan fingerprint density at radius 1 is 1.27 bits per heavy atom. The number of anilines is 1.